The number of likely N-dealkylation sites (N-methyl/N-ethyl adjacent to an activating group) is 1. The van der Waals surface area contributed by atoms with Gasteiger partial charge in [-0.25, -0.2) is 8.42 Å². The normalized spacial score (nSPS) is 11.9. The van der Waals surface area contributed by atoms with Crippen LogP contribution in [-0.2, 0) is 16.6 Å². The Morgan fingerprint density at radius 1 is 1.29 bits per heavy atom. The van der Waals surface area contributed by atoms with E-state index < -0.39 is 10.0 Å². The molecule has 0 radical (unpaired) electrons. The third-order valence-electron chi connectivity index (χ3n) is 2.97. The Morgan fingerprint density at radius 3 is 2.48 bits per heavy atom. The Hall–Kier alpha value is -0.590. The number of sulfonamides is 1. The SMILES string of the molecule is C=CCN(CC)S(=O)(=O)c1cc(CNCC)c(Cl)cc1Cl. The van der Waals surface area contributed by atoms with E-state index in [1.54, 1.807) is 13.0 Å². The minimum atomic E-state index is -3.66. The van der Waals surface area contributed by atoms with Crippen molar-refractivity contribution in [3.8, 4) is 0 Å². The van der Waals surface area contributed by atoms with Gasteiger partial charge in [0.05, 0.1) is 5.02 Å². The predicted molar refractivity (Wildman–Crippen MR) is 88.5 cm³/mol. The lowest BCUT2D eigenvalue weighted by Gasteiger charge is -2.20. The Kier molecular flexibility index (Phi) is 7.16. The van der Waals surface area contributed by atoms with Gasteiger partial charge in [0.25, 0.3) is 0 Å². The molecule has 1 aromatic carbocycles. The average molecular weight is 351 g/mol. The summed E-state index contributed by atoms with van der Waals surface area (Å²) in [6.45, 7) is 9.14. The van der Waals surface area contributed by atoms with Crippen molar-refractivity contribution in [3.63, 3.8) is 0 Å². The summed E-state index contributed by atoms with van der Waals surface area (Å²) in [4.78, 5) is 0.0742. The molecule has 0 unspecified atom stereocenters. The van der Waals surface area contributed by atoms with Gasteiger partial charge in [0.15, 0.2) is 0 Å². The zero-order valence-corrected chi connectivity index (χ0v) is 14.5. The van der Waals surface area contributed by atoms with Gasteiger partial charge in [0.1, 0.15) is 4.90 Å². The van der Waals surface area contributed by atoms with Gasteiger partial charge in [0.2, 0.25) is 10.0 Å². The van der Waals surface area contributed by atoms with E-state index in [9.17, 15) is 8.42 Å². The highest BCUT2D eigenvalue weighted by molar-refractivity contribution is 7.89. The molecule has 0 aliphatic rings. The Morgan fingerprint density at radius 2 is 1.95 bits per heavy atom. The molecule has 1 N–H and O–H groups in total. The lowest BCUT2D eigenvalue weighted by Crippen LogP contribution is -2.31. The van der Waals surface area contributed by atoms with E-state index in [-0.39, 0.29) is 16.5 Å². The van der Waals surface area contributed by atoms with Gasteiger partial charge in [-0.15, -0.1) is 6.58 Å². The number of halogens is 2. The minimum absolute atomic E-state index is 0.0742. The van der Waals surface area contributed by atoms with E-state index in [4.69, 9.17) is 23.2 Å². The quantitative estimate of drug-likeness (QED) is 0.731. The summed E-state index contributed by atoms with van der Waals surface area (Å²) in [5.41, 5.74) is 0.705. The standard InChI is InChI=1S/C14H20Cl2N2O2S/c1-4-7-18(6-3)21(19,20)14-8-11(10-17-5-2)12(15)9-13(14)16/h4,8-9,17H,1,5-7,10H2,2-3H3. The van der Waals surface area contributed by atoms with Crippen molar-refractivity contribution in [3.05, 3.63) is 40.4 Å². The summed E-state index contributed by atoms with van der Waals surface area (Å²) in [6.07, 6.45) is 1.55. The maximum Gasteiger partial charge on any atom is 0.244 e. The van der Waals surface area contributed by atoms with Crippen LogP contribution in [0.4, 0.5) is 0 Å². The van der Waals surface area contributed by atoms with Crippen LogP contribution >= 0.6 is 23.2 Å². The zero-order valence-electron chi connectivity index (χ0n) is 12.2. The third kappa shape index (κ3) is 4.44. The van der Waals surface area contributed by atoms with E-state index in [1.165, 1.54) is 16.4 Å². The Balaban J connectivity index is 3.30. The molecular weight excluding hydrogens is 331 g/mol. The molecule has 0 aliphatic heterocycles. The molecule has 0 saturated heterocycles. The summed E-state index contributed by atoms with van der Waals surface area (Å²) in [5.74, 6) is 0. The Labute approximate surface area is 136 Å². The highest BCUT2D eigenvalue weighted by Crippen LogP contribution is 2.30. The fraction of sp³-hybridized carbons (Fsp3) is 0.429. The average Bonchev–Trinajstić information content (AvgIpc) is 2.43. The molecule has 0 saturated carbocycles. The number of benzene rings is 1. The molecular formula is C14H20Cl2N2O2S. The van der Waals surface area contributed by atoms with Gasteiger partial charge in [0, 0.05) is 24.7 Å². The van der Waals surface area contributed by atoms with E-state index >= 15 is 0 Å². The van der Waals surface area contributed by atoms with Crippen molar-refractivity contribution < 1.29 is 8.42 Å². The smallest absolute Gasteiger partial charge is 0.244 e. The van der Waals surface area contributed by atoms with Gasteiger partial charge >= 0.3 is 0 Å². The van der Waals surface area contributed by atoms with Crippen molar-refractivity contribution in [2.45, 2.75) is 25.3 Å². The molecule has 0 aromatic heterocycles. The minimum Gasteiger partial charge on any atom is -0.313 e. The van der Waals surface area contributed by atoms with Crippen LogP contribution in [0.5, 0.6) is 0 Å². The van der Waals surface area contributed by atoms with Crippen molar-refractivity contribution >= 4 is 33.2 Å². The molecule has 4 nitrogen and oxygen atoms in total. The molecule has 0 aliphatic carbocycles. The first kappa shape index (κ1) is 18.5. The van der Waals surface area contributed by atoms with Crippen molar-refractivity contribution in [2.24, 2.45) is 0 Å². The summed E-state index contributed by atoms with van der Waals surface area (Å²) in [7, 11) is -3.66. The van der Waals surface area contributed by atoms with E-state index in [1.807, 2.05) is 6.92 Å². The van der Waals surface area contributed by atoms with Crippen LogP contribution in [-0.4, -0.2) is 32.4 Å². The molecule has 7 heteroatoms. The third-order valence-corrected chi connectivity index (χ3v) is 5.73. The van der Waals surface area contributed by atoms with Gasteiger partial charge < -0.3 is 5.32 Å². The second kappa shape index (κ2) is 8.15. The second-order valence-corrected chi connectivity index (χ2v) is 7.12. The molecule has 1 rings (SSSR count). The molecule has 0 spiro atoms. The van der Waals surface area contributed by atoms with E-state index in [2.05, 4.69) is 11.9 Å². The lowest BCUT2D eigenvalue weighted by atomic mass is 10.2. The van der Waals surface area contributed by atoms with Gasteiger partial charge in [-0.2, -0.15) is 4.31 Å². The highest BCUT2D eigenvalue weighted by atomic mass is 35.5. The van der Waals surface area contributed by atoms with Crippen LogP contribution in [0.1, 0.15) is 19.4 Å². The molecule has 0 heterocycles. The van der Waals surface area contributed by atoms with Gasteiger partial charge in [-0.05, 0) is 24.2 Å². The van der Waals surface area contributed by atoms with Crippen molar-refractivity contribution in [1.29, 1.82) is 0 Å². The van der Waals surface area contributed by atoms with Crippen LogP contribution in [0.2, 0.25) is 10.0 Å². The molecule has 0 fully saturated rings. The van der Waals surface area contributed by atoms with E-state index in [0.29, 0.717) is 23.7 Å². The lowest BCUT2D eigenvalue weighted by molar-refractivity contribution is 0.460. The van der Waals surface area contributed by atoms with Crippen molar-refractivity contribution in [2.75, 3.05) is 19.6 Å². The molecule has 0 amide bonds. The molecule has 21 heavy (non-hydrogen) atoms. The molecule has 0 atom stereocenters. The zero-order chi connectivity index (χ0) is 16.0. The fourth-order valence-corrected chi connectivity index (χ4v) is 4.10. The molecule has 1 aromatic rings. The molecule has 0 bridgehead atoms. The van der Waals surface area contributed by atoms with Gasteiger partial charge in [-0.1, -0.05) is 43.1 Å². The van der Waals surface area contributed by atoms with Crippen molar-refractivity contribution in [1.82, 2.24) is 9.62 Å². The number of nitrogens with one attached hydrogen (secondary N) is 1. The maximum atomic E-state index is 12.6. The van der Waals surface area contributed by atoms with Crippen LogP contribution in [0.15, 0.2) is 29.7 Å². The van der Waals surface area contributed by atoms with Crippen LogP contribution < -0.4 is 5.32 Å². The summed E-state index contributed by atoms with van der Waals surface area (Å²) in [6, 6.07) is 3.01. The highest BCUT2D eigenvalue weighted by Gasteiger charge is 2.25. The largest absolute Gasteiger partial charge is 0.313 e. The van der Waals surface area contributed by atoms with Crippen LogP contribution in [0.3, 0.4) is 0 Å². The first-order valence-electron chi connectivity index (χ1n) is 6.68. The number of hydrogen-bond donors (Lipinski definition) is 1. The number of rotatable bonds is 8. The topological polar surface area (TPSA) is 49.4 Å². The number of nitrogens with zero attached hydrogens (tertiary/aromatic N) is 1. The predicted octanol–water partition coefficient (Wildman–Crippen LogP) is 3.30. The number of hydrogen-bond acceptors (Lipinski definition) is 3. The second-order valence-electron chi connectivity index (χ2n) is 4.40. The molecule has 118 valence electrons. The maximum absolute atomic E-state index is 12.6. The summed E-state index contributed by atoms with van der Waals surface area (Å²) in [5, 5.41) is 3.70. The first-order chi connectivity index (χ1) is 9.88. The first-order valence-corrected chi connectivity index (χ1v) is 8.87. The van der Waals surface area contributed by atoms with E-state index in [0.717, 1.165) is 6.54 Å². The fourth-order valence-electron chi connectivity index (χ4n) is 1.84. The van der Waals surface area contributed by atoms with Gasteiger partial charge in [-0.3, -0.25) is 0 Å². The monoisotopic (exact) mass is 350 g/mol. The summed E-state index contributed by atoms with van der Waals surface area (Å²) < 4.78 is 26.6. The summed E-state index contributed by atoms with van der Waals surface area (Å²) >= 11 is 12.2. The van der Waals surface area contributed by atoms with Crippen LogP contribution in [0.25, 0.3) is 0 Å². The van der Waals surface area contributed by atoms with Crippen LogP contribution in [0, 0.1) is 0 Å². The Bertz CT molecular complexity index is 603.